The fraction of sp³-hybridized carbons (Fsp3) is 0.429. The van der Waals surface area contributed by atoms with Crippen molar-refractivity contribution in [3.63, 3.8) is 0 Å². The molecule has 1 aliphatic heterocycles. The molecular formula is C21H27N3O. The maximum Gasteiger partial charge on any atom is 0.242 e. The van der Waals surface area contributed by atoms with Gasteiger partial charge >= 0.3 is 0 Å². The van der Waals surface area contributed by atoms with Gasteiger partial charge < -0.3 is 4.84 Å². The molecule has 3 rings (SSSR count). The van der Waals surface area contributed by atoms with Crippen LogP contribution in [0.15, 0.2) is 53.8 Å². The van der Waals surface area contributed by atoms with Crippen LogP contribution < -0.4 is 5.48 Å². The largest absolute Gasteiger partial charge is 0.386 e. The van der Waals surface area contributed by atoms with Crippen LogP contribution in [0.2, 0.25) is 0 Å². The molecule has 0 saturated heterocycles. The molecule has 0 radical (unpaired) electrons. The van der Waals surface area contributed by atoms with Gasteiger partial charge in [-0.2, -0.15) is 0 Å². The van der Waals surface area contributed by atoms with Crippen LogP contribution in [-0.4, -0.2) is 10.9 Å². The standard InChI is InChI=1S/C21H27N3O/c1-2-3-4-5-6-7-8-17-9-11-19(12-10-17)21-23-20(24-25-21)18-13-15-22-16-14-18/h9-16,20,24H,2-8H2,1H3. The molecule has 1 aromatic carbocycles. The van der Waals surface area contributed by atoms with Crippen LogP contribution in [0.5, 0.6) is 0 Å². The molecule has 2 heterocycles. The summed E-state index contributed by atoms with van der Waals surface area (Å²) in [7, 11) is 0. The summed E-state index contributed by atoms with van der Waals surface area (Å²) < 4.78 is 0. The Morgan fingerprint density at radius 2 is 1.64 bits per heavy atom. The summed E-state index contributed by atoms with van der Waals surface area (Å²) in [5, 5.41) is 0. The van der Waals surface area contributed by atoms with Crippen LogP contribution in [0.3, 0.4) is 0 Å². The van der Waals surface area contributed by atoms with E-state index >= 15 is 0 Å². The van der Waals surface area contributed by atoms with E-state index in [9.17, 15) is 0 Å². The van der Waals surface area contributed by atoms with Crippen LogP contribution in [0.1, 0.15) is 68.3 Å². The van der Waals surface area contributed by atoms with Crippen molar-refractivity contribution in [1.82, 2.24) is 10.5 Å². The first kappa shape index (κ1) is 17.6. The van der Waals surface area contributed by atoms with Crippen molar-refractivity contribution >= 4 is 5.90 Å². The third-order valence-corrected chi connectivity index (χ3v) is 4.56. The molecule has 0 fully saturated rings. The highest BCUT2D eigenvalue weighted by Crippen LogP contribution is 2.21. The lowest BCUT2D eigenvalue weighted by atomic mass is 10.0. The van der Waals surface area contributed by atoms with Gasteiger partial charge in [-0.3, -0.25) is 4.98 Å². The van der Waals surface area contributed by atoms with Gasteiger partial charge in [0.25, 0.3) is 0 Å². The average Bonchev–Trinajstić information content (AvgIpc) is 3.16. The second-order valence-corrected chi connectivity index (χ2v) is 6.55. The Hall–Kier alpha value is -2.20. The first-order valence-corrected chi connectivity index (χ1v) is 9.36. The van der Waals surface area contributed by atoms with E-state index in [1.165, 1.54) is 44.1 Å². The summed E-state index contributed by atoms with van der Waals surface area (Å²) in [6.07, 6.45) is 12.5. The molecule has 25 heavy (non-hydrogen) atoms. The highest BCUT2D eigenvalue weighted by Gasteiger charge is 2.21. The summed E-state index contributed by atoms with van der Waals surface area (Å²) in [6, 6.07) is 12.5. The molecule has 4 nitrogen and oxygen atoms in total. The lowest BCUT2D eigenvalue weighted by Gasteiger charge is -2.05. The molecule has 1 atom stereocenters. The predicted molar refractivity (Wildman–Crippen MR) is 101 cm³/mol. The number of hydroxylamine groups is 1. The summed E-state index contributed by atoms with van der Waals surface area (Å²) in [5.41, 5.74) is 6.40. The molecule has 2 aromatic rings. The fourth-order valence-electron chi connectivity index (χ4n) is 3.03. The number of nitrogens with one attached hydrogen (secondary N) is 1. The van der Waals surface area contributed by atoms with E-state index in [4.69, 9.17) is 4.84 Å². The van der Waals surface area contributed by atoms with Gasteiger partial charge in [-0.15, -0.1) is 5.48 Å². The van der Waals surface area contributed by atoms with Gasteiger partial charge in [-0.25, -0.2) is 4.99 Å². The van der Waals surface area contributed by atoms with Crippen LogP contribution >= 0.6 is 0 Å². The number of rotatable bonds is 9. The van der Waals surface area contributed by atoms with Crippen molar-refractivity contribution in [2.24, 2.45) is 4.99 Å². The van der Waals surface area contributed by atoms with Crippen molar-refractivity contribution in [3.8, 4) is 0 Å². The molecule has 1 aliphatic rings. The number of aliphatic imine (C=N–C) groups is 1. The van der Waals surface area contributed by atoms with Gasteiger partial charge in [0.05, 0.1) is 0 Å². The van der Waals surface area contributed by atoms with Gasteiger partial charge in [0.15, 0.2) is 6.17 Å². The molecule has 0 bridgehead atoms. The average molecular weight is 337 g/mol. The number of hydrogen-bond acceptors (Lipinski definition) is 4. The fourth-order valence-corrected chi connectivity index (χ4v) is 3.03. The molecule has 1 unspecified atom stereocenters. The van der Waals surface area contributed by atoms with Crippen molar-refractivity contribution in [3.05, 3.63) is 65.5 Å². The molecule has 0 amide bonds. The van der Waals surface area contributed by atoms with E-state index in [-0.39, 0.29) is 6.17 Å². The molecule has 1 N–H and O–H groups in total. The quantitative estimate of drug-likeness (QED) is 0.658. The number of pyridine rings is 1. The molecule has 132 valence electrons. The Morgan fingerprint density at radius 1 is 0.920 bits per heavy atom. The van der Waals surface area contributed by atoms with E-state index in [2.05, 4.69) is 46.6 Å². The lowest BCUT2D eigenvalue weighted by Crippen LogP contribution is -2.14. The van der Waals surface area contributed by atoms with E-state index < -0.39 is 0 Å². The summed E-state index contributed by atoms with van der Waals surface area (Å²) >= 11 is 0. The van der Waals surface area contributed by atoms with Gasteiger partial charge in [0, 0.05) is 18.0 Å². The Bertz CT molecular complexity index is 667. The number of unbranched alkanes of at least 4 members (excludes halogenated alkanes) is 5. The van der Waals surface area contributed by atoms with Crippen molar-refractivity contribution in [2.45, 2.75) is 58.0 Å². The number of hydrogen-bond donors (Lipinski definition) is 1. The Kier molecular flexibility index (Phi) is 6.57. The topological polar surface area (TPSA) is 46.5 Å². The minimum atomic E-state index is -0.166. The normalized spacial score (nSPS) is 16.5. The summed E-state index contributed by atoms with van der Waals surface area (Å²) in [4.78, 5) is 14.2. The molecule has 0 spiro atoms. The zero-order chi connectivity index (χ0) is 17.3. The zero-order valence-corrected chi connectivity index (χ0v) is 14.9. The number of aryl methyl sites for hydroxylation is 1. The maximum atomic E-state index is 5.56. The Labute approximate surface area is 150 Å². The van der Waals surface area contributed by atoms with Crippen molar-refractivity contribution < 1.29 is 4.84 Å². The van der Waals surface area contributed by atoms with E-state index in [0.29, 0.717) is 5.90 Å². The minimum absolute atomic E-state index is 0.166. The summed E-state index contributed by atoms with van der Waals surface area (Å²) in [5.74, 6) is 0.646. The first-order chi connectivity index (χ1) is 12.4. The van der Waals surface area contributed by atoms with Crippen molar-refractivity contribution in [2.75, 3.05) is 0 Å². The highest BCUT2D eigenvalue weighted by atomic mass is 16.7. The Balaban J connectivity index is 1.51. The monoisotopic (exact) mass is 337 g/mol. The third kappa shape index (κ3) is 5.13. The van der Waals surface area contributed by atoms with Gasteiger partial charge in [0.2, 0.25) is 5.90 Å². The number of nitrogens with zero attached hydrogens (tertiary/aromatic N) is 2. The smallest absolute Gasteiger partial charge is 0.242 e. The van der Waals surface area contributed by atoms with Gasteiger partial charge in [0.1, 0.15) is 0 Å². The predicted octanol–water partition coefficient (Wildman–Crippen LogP) is 4.96. The van der Waals surface area contributed by atoms with E-state index in [0.717, 1.165) is 17.5 Å². The Morgan fingerprint density at radius 3 is 2.40 bits per heavy atom. The zero-order valence-electron chi connectivity index (χ0n) is 14.9. The minimum Gasteiger partial charge on any atom is -0.386 e. The van der Waals surface area contributed by atoms with Crippen LogP contribution in [-0.2, 0) is 11.3 Å². The van der Waals surface area contributed by atoms with Crippen molar-refractivity contribution in [1.29, 1.82) is 0 Å². The molecule has 1 aromatic heterocycles. The highest BCUT2D eigenvalue weighted by molar-refractivity contribution is 5.94. The third-order valence-electron chi connectivity index (χ3n) is 4.56. The van der Waals surface area contributed by atoms with Crippen LogP contribution in [0.25, 0.3) is 0 Å². The number of benzene rings is 1. The van der Waals surface area contributed by atoms with E-state index in [1.807, 2.05) is 12.1 Å². The SMILES string of the molecule is CCCCCCCCc1ccc(C2=NC(c3ccncc3)NO2)cc1. The number of aromatic nitrogens is 1. The van der Waals surface area contributed by atoms with Crippen LogP contribution in [0, 0.1) is 0 Å². The van der Waals surface area contributed by atoms with Gasteiger partial charge in [-0.05, 0) is 48.2 Å². The second kappa shape index (κ2) is 9.33. The molecule has 0 saturated carbocycles. The van der Waals surface area contributed by atoms with Crippen LogP contribution in [0.4, 0.5) is 0 Å². The second-order valence-electron chi connectivity index (χ2n) is 6.55. The van der Waals surface area contributed by atoms with E-state index in [1.54, 1.807) is 12.4 Å². The lowest BCUT2D eigenvalue weighted by molar-refractivity contribution is 0.180. The molecule has 0 aliphatic carbocycles. The summed E-state index contributed by atoms with van der Waals surface area (Å²) in [6.45, 7) is 2.26. The molecular weight excluding hydrogens is 310 g/mol. The first-order valence-electron chi connectivity index (χ1n) is 9.36. The van der Waals surface area contributed by atoms with Gasteiger partial charge in [-0.1, -0.05) is 51.2 Å². The molecule has 4 heteroatoms. The maximum absolute atomic E-state index is 5.56.